The molecule has 10 heteroatoms. The number of carbonyl (C=O) groups excluding carboxylic acids is 1. The van der Waals surface area contributed by atoms with E-state index in [4.69, 9.17) is 24.2 Å². The minimum Gasteiger partial charge on any atom is -0.497 e. The van der Waals surface area contributed by atoms with Crippen LogP contribution in [0.2, 0.25) is 0 Å². The Bertz CT molecular complexity index is 1380. The third-order valence-corrected chi connectivity index (χ3v) is 6.73. The van der Waals surface area contributed by atoms with E-state index in [1.54, 1.807) is 68.2 Å². The van der Waals surface area contributed by atoms with E-state index >= 15 is 0 Å². The molecule has 0 unspecified atom stereocenters. The fourth-order valence-corrected chi connectivity index (χ4v) is 4.80. The number of hydrogen-bond donors (Lipinski definition) is 1. The number of anilines is 2. The van der Waals surface area contributed by atoms with Crippen LogP contribution in [-0.2, 0) is 9.53 Å². The zero-order chi connectivity index (χ0) is 24.9. The summed E-state index contributed by atoms with van der Waals surface area (Å²) in [5.41, 5.74) is 2.31. The van der Waals surface area contributed by atoms with E-state index in [1.807, 2.05) is 12.1 Å². The van der Waals surface area contributed by atoms with Crippen LogP contribution in [0.4, 0.5) is 11.5 Å². The second-order valence-corrected chi connectivity index (χ2v) is 9.06. The number of nitrogens with zero attached hydrogens (tertiary/aromatic N) is 4. The Hall–Kier alpha value is -4.02. The highest BCUT2D eigenvalue weighted by molar-refractivity contribution is 7.20. The Kier molecular flexibility index (Phi) is 7.06. The summed E-state index contributed by atoms with van der Waals surface area (Å²) >= 11 is 1.55. The zero-order valence-electron chi connectivity index (χ0n) is 19.9. The maximum atomic E-state index is 12.5. The molecule has 0 saturated carbocycles. The van der Waals surface area contributed by atoms with Crippen LogP contribution in [0.5, 0.6) is 11.6 Å². The van der Waals surface area contributed by atoms with Crippen LogP contribution in [0, 0.1) is 0 Å². The van der Waals surface area contributed by atoms with Crippen LogP contribution < -0.4 is 19.7 Å². The summed E-state index contributed by atoms with van der Waals surface area (Å²) in [6.07, 6.45) is 5.02. The predicted octanol–water partition coefficient (Wildman–Crippen LogP) is 4.26. The van der Waals surface area contributed by atoms with Crippen LogP contribution in [0.25, 0.3) is 27.7 Å². The molecule has 184 valence electrons. The molecule has 1 aliphatic rings. The highest BCUT2D eigenvalue weighted by atomic mass is 32.1. The molecule has 1 aliphatic heterocycles. The third-order valence-electron chi connectivity index (χ3n) is 5.64. The molecule has 4 heterocycles. The Morgan fingerprint density at radius 1 is 1.08 bits per heavy atom. The van der Waals surface area contributed by atoms with E-state index in [2.05, 4.69) is 15.2 Å². The molecule has 0 spiro atoms. The number of aromatic nitrogens is 3. The smallest absolute Gasteiger partial charge is 0.248 e. The second kappa shape index (κ2) is 10.7. The molecule has 4 aromatic rings. The Balaban J connectivity index is 1.43. The Morgan fingerprint density at radius 3 is 2.58 bits per heavy atom. The molecule has 1 fully saturated rings. The van der Waals surface area contributed by atoms with E-state index in [0.29, 0.717) is 30.6 Å². The van der Waals surface area contributed by atoms with Crippen molar-refractivity contribution in [3.8, 4) is 23.0 Å². The van der Waals surface area contributed by atoms with Gasteiger partial charge >= 0.3 is 0 Å². The van der Waals surface area contributed by atoms with Crippen molar-refractivity contribution in [1.29, 1.82) is 0 Å². The standard InChI is InChI=1S/C26H25N5O4S/c1-33-19-6-4-18(5-7-19)28-22(32)9-8-20-15-21-24(36-20)26(31-11-13-35-14-12-31)30-25(29-21)17-3-10-23(34-2)27-16-17/h3-10,15-16H,11-14H2,1-2H3,(H,28,32)/b9-8+. The van der Waals surface area contributed by atoms with Gasteiger partial charge in [-0.2, -0.15) is 0 Å². The van der Waals surface area contributed by atoms with Crippen molar-refractivity contribution < 1.29 is 19.0 Å². The third kappa shape index (κ3) is 5.29. The molecule has 3 aromatic heterocycles. The summed E-state index contributed by atoms with van der Waals surface area (Å²) in [6, 6.07) is 12.9. The lowest BCUT2D eigenvalue weighted by Gasteiger charge is -2.28. The van der Waals surface area contributed by atoms with Gasteiger partial charge in [-0.15, -0.1) is 11.3 Å². The first-order chi connectivity index (χ1) is 17.6. The predicted molar refractivity (Wildman–Crippen MR) is 141 cm³/mol. The monoisotopic (exact) mass is 503 g/mol. The van der Waals surface area contributed by atoms with Gasteiger partial charge in [0.2, 0.25) is 11.8 Å². The highest BCUT2D eigenvalue weighted by Gasteiger charge is 2.20. The van der Waals surface area contributed by atoms with Gasteiger partial charge in [-0.25, -0.2) is 15.0 Å². The summed E-state index contributed by atoms with van der Waals surface area (Å²) in [4.78, 5) is 29.6. The van der Waals surface area contributed by atoms with Crippen molar-refractivity contribution in [3.05, 3.63) is 59.6 Å². The van der Waals surface area contributed by atoms with Crippen LogP contribution in [0.3, 0.4) is 0 Å². The quantitative estimate of drug-likeness (QED) is 0.374. The topological polar surface area (TPSA) is 98.7 Å². The number of nitrogens with one attached hydrogen (secondary N) is 1. The van der Waals surface area contributed by atoms with Gasteiger partial charge in [0.05, 0.1) is 37.6 Å². The van der Waals surface area contributed by atoms with Gasteiger partial charge < -0.3 is 24.4 Å². The number of fused-ring (bicyclic) bond motifs is 1. The molecule has 1 amide bonds. The number of hydrogen-bond acceptors (Lipinski definition) is 9. The molecule has 1 N–H and O–H groups in total. The average Bonchev–Trinajstić information content (AvgIpc) is 3.35. The first-order valence-electron chi connectivity index (χ1n) is 11.4. The summed E-state index contributed by atoms with van der Waals surface area (Å²) < 4.78 is 16.8. The number of rotatable bonds is 7. The van der Waals surface area contributed by atoms with E-state index in [0.717, 1.165) is 45.3 Å². The Morgan fingerprint density at radius 2 is 1.89 bits per heavy atom. The SMILES string of the molecule is COc1ccc(NC(=O)/C=C/c2cc3nc(-c4ccc(OC)nc4)nc(N4CCOCC4)c3s2)cc1. The normalized spacial score (nSPS) is 13.8. The van der Waals surface area contributed by atoms with Gasteiger partial charge in [0, 0.05) is 47.6 Å². The molecule has 9 nitrogen and oxygen atoms in total. The van der Waals surface area contributed by atoms with Crippen molar-refractivity contribution in [1.82, 2.24) is 15.0 Å². The summed E-state index contributed by atoms with van der Waals surface area (Å²) in [5, 5.41) is 2.86. The van der Waals surface area contributed by atoms with E-state index in [-0.39, 0.29) is 5.91 Å². The fourth-order valence-electron chi connectivity index (χ4n) is 3.78. The number of ether oxygens (including phenoxy) is 3. The van der Waals surface area contributed by atoms with Crippen molar-refractivity contribution in [2.45, 2.75) is 0 Å². The van der Waals surface area contributed by atoms with Crippen LogP contribution in [0.15, 0.2) is 54.7 Å². The number of carbonyl (C=O) groups is 1. The number of morpholine rings is 1. The molecule has 5 rings (SSSR count). The molecule has 0 radical (unpaired) electrons. The van der Waals surface area contributed by atoms with Crippen molar-refractivity contribution in [2.75, 3.05) is 50.7 Å². The fraction of sp³-hybridized carbons (Fsp3) is 0.231. The van der Waals surface area contributed by atoms with Gasteiger partial charge in [-0.05, 0) is 42.5 Å². The largest absolute Gasteiger partial charge is 0.497 e. The van der Waals surface area contributed by atoms with Gasteiger partial charge in [0.1, 0.15) is 5.75 Å². The lowest BCUT2D eigenvalue weighted by molar-refractivity contribution is -0.111. The lowest BCUT2D eigenvalue weighted by Crippen LogP contribution is -2.36. The van der Waals surface area contributed by atoms with Crippen LogP contribution in [-0.4, -0.2) is 61.4 Å². The van der Waals surface area contributed by atoms with Crippen molar-refractivity contribution in [2.24, 2.45) is 0 Å². The molecular formula is C26H25N5O4S. The maximum absolute atomic E-state index is 12.5. The minimum atomic E-state index is -0.220. The van der Waals surface area contributed by atoms with Gasteiger partial charge in [0.15, 0.2) is 11.6 Å². The second-order valence-electron chi connectivity index (χ2n) is 7.97. The number of methoxy groups -OCH3 is 2. The minimum absolute atomic E-state index is 0.220. The molecule has 1 aromatic carbocycles. The number of benzene rings is 1. The highest BCUT2D eigenvalue weighted by Crippen LogP contribution is 2.35. The molecule has 36 heavy (non-hydrogen) atoms. The van der Waals surface area contributed by atoms with Crippen molar-refractivity contribution >= 4 is 45.0 Å². The molecule has 0 bridgehead atoms. The zero-order valence-corrected chi connectivity index (χ0v) is 20.7. The van der Waals surface area contributed by atoms with Gasteiger partial charge in [-0.1, -0.05) is 0 Å². The number of thiophene rings is 1. The number of amides is 1. The summed E-state index contributed by atoms with van der Waals surface area (Å²) in [6.45, 7) is 2.79. The van der Waals surface area contributed by atoms with E-state index in [1.165, 1.54) is 6.08 Å². The Labute approximate surface area is 212 Å². The summed E-state index contributed by atoms with van der Waals surface area (Å²) in [5.74, 6) is 2.49. The molecule has 1 saturated heterocycles. The van der Waals surface area contributed by atoms with Gasteiger partial charge in [0.25, 0.3) is 0 Å². The van der Waals surface area contributed by atoms with Crippen LogP contribution >= 0.6 is 11.3 Å². The number of pyridine rings is 1. The molecule has 0 aliphatic carbocycles. The average molecular weight is 504 g/mol. The maximum Gasteiger partial charge on any atom is 0.248 e. The van der Waals surface area contributed by atoms with E-state index in [9.17, 15) is 4.79 Å². The first-order valence-corrected chi connectivity index (χ1v) is 12.2. The van der Waals surface area contributed by atoms with Crippen LogP contribution in [0.1, 0.15) is 4.88 Å². The van der Waals surface area contributed by atoms with E-state index < -0.39 is 0 Å². The van der Waals surface area contributed by atoms with Crippen molar-refractivity contribution in [3.63, 3.8) is 0 Å². The first kappa shape index (κ1) is 23.7. The van der Waals surface area contributed by atoms with Gasteiger partial charge in [-0.3, -0.25) is 4.79 Å². The molecular weight excluding hydrogens is 478 g/mol. The molecule has 0 atom stereocenters. The summed E-state index contributed by atoms with van der Waals surface area (Å²) in [7, 11) is 3.19. The lowest BCUT2D eigenvalue weighted by atomic mass is 10.2.